The first-order valence-electron chi connectivity index (χ1n) is 7.62. The van der Waals surface area contributed by atoms with Crippen molar-refractivity contribution in [3.8, 4) is 11.7 Å². The largest absolute Gasteiger partial charge is 0.546 e. The molecule has 2 heterocycles. The molecule has 0 radical (unpaired) electrons. The Kier molecular flexibility index (Phi) is 4.94. The Morgan fingerprint density at radius 3 is 2.73 bits per heavy atom. The highest BCUT2D eigenvalue weighted by Gasteiger charge is 2.11. The predicted molar refractivity (Wildman–Crippen MR) is 93.9 cm³/mol. The number of carbonyl (C=O) groups excluding carboxylic acids is 1. The van der Waals surface area contributed by atoms with Gasteiger partial charge in [-0.1, -0.05) is 0 Å². The molecule has 1 N–H and O–H groups in total. The van der Waals surface area contributed by atoms with Crippen molar-refractivity contribution in [2.45, 2.75) is 13.8 Å². The minimum absolute atomic E-state index is 0.331. The number of hydrogen-bond acceptors (Lipinski definition) is 7. The van der Waals surface area contributed by atoms with Gasteiger partial charge in [0.2, 0.25) is 4.77 Å². The monoisotopic (exact) mass is 371 g/mol. The van der Waals surface area contributed by atoms with Crippen LogP contribution in [0.5, 0.6) is 5.75 Å². The molecule has 3 rings (SSSR count). The zero-order chi connectivity index (χ0) is 18.7. The Morgan fingerprint density at radius 2 is 2.12 bits per heavy atom. The van der Waals surface area contributed by atoms with Crippen LogP contribution in [-0.2, 0) is 4.79 Å². The molecule has 0 amide bonds. The van der Waals surface area contributed by atoms with Crippen LogP contribution in [0.25, 0.3) is 5.95 Å². The summed E-state index contributed by atoms with van der Waals surface area (Å²) < 4.78 is 8.48. The van der Waals surface area contributed by atoms with Crippen LogP contribution in [0.1, 0.15) is 17.0 Å². The Balaban J connectivity index is 1.83. The van der Waals surface area contributed by atoms with Gasteiger partial charge in [0, 0.05) is 5.69 Å². The van der Waals surface area contributed by atoms with Crippen molar-refractivity contribution in [3.05, 3.63) is 52.1 Å². The van der Waals surface area contributed by atoms with Gasteiger partial charge < -0.3 is 14.6 Å². The zero-order valence-electron chi connectivity index (χ0n) is 14.0. The molecular formula is C16H15N6O3S-. The average molecular weight is 371 g/mol. The maximum absolute atomic E-state index is 10.4. The maximum Gasteiger partial charge on any atom is 0.271 e. The molecule has 0 bridgehead atoms. The topological polar surface area (TPSA) is 113 Å². The molecule has 0 aliphatic rings. The van der Waals surface area contributed by atoms with E-state index in [1.807, 2.05) is 19.9 Å². The number of benzene rings is 1. The number of aromatic amines is 1. The quantitative estimate of drug-likeness (QED) is 0.505. The lowest BCUT2D eigenvalue weighted by atomic mass is 10.2. The fourth-order valence-corrected chi connectivity index (χ4v) is 2.45. The minimum Gasteiger partial charge on any atom is -0.546 e. The minimum atomic E-state index is -1.28. The van der Waals surface area contributed by atoms with Gasteiger partial charge in [-0.25, -0.2) is 9.78 Å². The molecule has 0 aliphatic heterocycles. The lowest BCUT2D eigenvalue weighted by molar-refractivity contribution is -0.307. The summed E-state index contributed by atoms with van der Waals surface area (Å²) in [6, 6.07) is 8.68. The van der Waals surface area contributed by atoms with Gasteiger partial charge in [-0.05, 0) is 62.0 Å². The fraction of sp³-hybridized carbons (Fsp3) is 0.188. The van der Waals surface area contributed by atoms with Gasteiger partial charge in [-0.3, -0.25) is 0 Å². The summed E-state index contributed by atoms with van der Waals surface area (Å²) in [5, 5.41) is 26.0. The first-order valence-corrected chi connectivity index (χ1v) is 8.03. The summed E-state index contributed by atoms with van der Waals surface area (Å²) in [5.74, 6) is -0.401. The lowest BCUT2D eigenvalue weighted by Crippen LogP contribution is -2.28. The SMILES string of the molecule is Cc1cc(C)n(-c2n[nH]c(=S)n2/N=C\c2ccc(OCC(=O)[O-])cc2)n1. The number of carbonyl (C=O) groups is 1. The molecule has 26 heavy (non-hydrogen) atoms. The van der Waals surface area contributed by atoms with Crippen molar-refractivity contribution in [2.24, 2.45) is 5.10 Å². The highest BCUT2D eigenvalue weighted by atomic mass is 32.1. The second kappa shape index (κ2) is 7.31. The van der Waals surface area contributed by atoms with Crippen LogP contribution in [0.4, 0.5) is 0 Å². The summed E-state index contributed by atoms with van der Waals surface area (Å²) in [5.41, 5.74) is 2.54. The van der Waals surface area contributed by atoms with E-state index in [1.165, 1.54) is 4.68 Å². The molecule has 0 unspecified atom stereocenters. The average Bonchev–Trinajstić information content (AvgIpc) is 3.13. The van der Waals surface area contributed by atoms with Crippen molar-refractivity contribution >= 4 is 24.4 Å². The summed E-state index contributed by atoms with van der Waals surface area (Å²) in [4.78, 5) is 10.4. The van der Waals surface area contributed by atoms with E-state index in [-0.39, 0.29) is 0 Å². The van der Waals surface area contributed by atoms with Gasteiger partial charge in [0.15, 0.2) is 0 Å². The van der Waals surface area contributed by atoms with Crippen molar-refractivity contribution in [1.29, 1.82) is 0 Å². The normalized spacial score (nSPS) is 11.2. The van der Waals surface area contributed by atoms with Crippen LogP contribution in [-0.4, -0.2) is 43.4 Å². The number of carboxylic acid groups (broad SMARTS) is 1. The predicted octanol–water partition coefficient (Wildman–Crippen LogP) is 0.754. The van der Waals surface area contributed by atoms with Crippen LogP contribution >= 0.6 is 12.2 Å². The Hall–Kier alpha value is -3.27. The fourth-order valence-electron chi connectivity index (χ4n) is 2.27. The van der Waals surface area contributed by atoms with Gasteiger partial charge in [-0.15, -0.1) is 5.10 Å². The first-order chi connectivity index (χ1) is 12.4. The first kappa shape index (κ1) is 17.5. The molecule has 2 aromatic heterocycles. The van der Waals surface area contributed by atoms with Gasteiger partial charge in [0.05, 0.1) is 17.9 Å². The van der Waals surface area contributed by atoms with Crippen LogP contribution in [0.2, 0.25) is 0 Å². The van der Waals surface area contributed by atoms with Gasteiger partial charge >= 0.3 is 0 Å². The number of carboxylic acids is 1. The molecule has 3 aromatic rings. The number of aryl methyl sites for hydroxylation is 2. The second-order valence-electron chi connectivity index (χ2n) is 5.45. The summed E-state index contributed by atoms with van der Waals surface area (Å²) >= 11 is 5.23. The number of aromatic nitrogens is 5. The van der Waals surface area contributed by atoms with E-state index in [0.29, 0.717) is 16.5 Å². The molecule has 0 spiro atoms. The Labute approximate surface area is 153 Å². The van der Waals surface area contributed by atoms with Crippen LogP contribution in [0.15, 0.2) is 35.4 Å². The van der Waals surface area contributed by atoms with E-state index in [9.17, 15) is 9.90 Å². The maximum atomic E-state index is 10.4. The van der Waals surface area contributed by atoms with E-state index in [0.717, 1.165) is 17.0 Å². The highest BCUT2D eigenvalue weighted by molar-refractivity contribution is 7.71. The van der Waals surface area contributed by atoms with E-state index in [1.54, 1.807) is 35.2 Å². The smallest absolute Gasteiger partial charge is 0.271 e. The number of H-pyrrole nitrogens is 1. The van der Waals surface area contributed by atoms with Gasteiger partial charge in [-0.2, -0.15) is 14.9 Å². The number of nitrogens with zero attached hydrogens (tertiary/aromatic N) is 5. The van der Waals surface area contributed by atoms with E-state index < -0.39 is 12.6 Å². The van der Waals surface area contributed by atoms with Crippen LogP contribution in [0, 0.1) is 18.6 Å². The third-order valence-corrected chi connectivity index (χ3v) is 3.66. The molecule has 9 nitrogen and oxygen atoms in total. The second-order valence-corrected chi connectivity index (χ2v) is 5.84. The standard InChI is InChI=1S/C16H16N6O3S/c1-10-7-11(2)21(20-10)15-18-19-16(26)22(15)17-8-12-3-5-13(6-4-12)25-9-14(23)24/h3-8H,9H2,1-2H3,(H,19,26)(H,23,24)/p-1/b17-8-. The van der Waals surface area contributed by atoms with Crippen molar-refractivity contribution < 1.29 is 14.6 Å². The molecule has 0 atom stereocenters. The molecule has 0 saturated heterocycles. The lowest BCUT2D eigenvalue weighted by Gasteiger charge is -2.06. The Morgan fingerprint density at radius 1 is 1.38 bits per heavy atom. The number of ether oxygens (including phenoxy) is 1. The van der Waals surface area contributed by atoms with Gasteiger partial charge in [0.1, 0.15) is 12.4 Å². The summed E-state index contributed by atoms with van der Waals surface area (Å²) in [6.07, 6.45) is 1.60. The molecular weight excluding hydrogens is 356 g/mol. The Bertz CT molecular complexity index is 1020. The van der Waals surface area contributed by atoms with Crippen molar-refractivity contribution in [2.75, 3.05) is 6.61 Å². The van der Waals surface area contributed by atoms with Crippen LogP contribution < -0.4 is 9.84 Å². The molecule has 134 valence electrons. The molecule has 0 saturated carbocycles. The third kappa shape index (κ3) is 3.86. The summed E-state index contributed by atoms with van der Waals surface area (Å²) in [7, 11) is 0. The number of aliphatic carboxylic acids is 1. The van der Waals surface area contributed by atoms with E-state index >= 15 is 0 Å². The molecule has 10 heteroatoms. The van der Waals surface area contributed by atoms with Crippen molar-refractivity contribution in [3.63, 3.8) is 0 Å². The number of hydrogen-bond donors (Lipinski definition) is 1. The molecule has 0 aliphatic carbocycles. The number of nitrogens with one attached hydrogen (secondary N) is 1. The molecule has 0 fully saturated rings. The zero-order valence-corrected chi connectivity index (χ0v) is 14.9. The molecule has 1 aromatic carbocycles. The highest BCUT2D eigenvalue weighted by Crippen LogP contribution is 2.12. The third-order valence-electron chi connectivity index (χ3n) is 3.39. The summed E-state index contributed by atoms with van der Waals surface area (Å²) in [6.45, 7) is 3.31. The van der Waals surface area contributed by atoms with Crippen molar-refractivity contribution in [1.82, 2.24) is 24.7 Å². The van der Waals surface area contributed by atoms with Gasteiger partial charge in [0.25, 0.3) is 5.95 Å². The van der Waals surface area contributed by atoms with Crippen LogP contribution in [0.3, 0.4) is 0 Å². The van der Waals surface area contributed by atoms with E-state index in [2.05, 4.69) is 20.4 Å². The number of rotatable bonds is 6. The van der Waals surface area contributed by atoms with E-state index in [4.69, 9.17) is 17.0 Å².